The summed E-state index contributed by atoms with van der Waals surface area (Å²) in [4.78, 5) is 8.93. The summed E-state index contributed by atoms with van der Waals surface area (Å²) in [5, 5.41) is 0. The zero-order chi connectivity index (χ0) is 10.3. The van der Waals surface area contributed by atoms with Crippen LogP contribution in [0.25, 0.3) is 0 Å². The predicted octanol–water partition coefficient (Wildman–Crippen LogP) is 0.962. The molecule has 1 saturated heterocycles. The number of amidine groups is 1. The number of likely N-dealkylation sites (tertiary alicyclic amines) is 1. The number of likely N-dealkylation sites (N-methyl/N-ethyl adjacent to an activating group) is 1. The van der Waals surface area contributed by atoms with E-state index < -0.39 is 12.0 Å². The highest BCUT2D eigenvalue weighted by Crippen LogP contribution is 2.26. The Balaban J connectivity index is 2.19. The lowest BCUT2D eigenvalue weighted by Crippen LogP contribution is -2.31. The van der Waals surface area contributed by atoms with Crippen LogP contribution in [0, 0.1) is 5.92 Å². The van der Waals surface area contributed by atoms with Crippen molar-refractivity contribution in [3.8, 4) is 0 Å². The van der Waals surface area contributed by atoms with Crippen molar-refractivity contribution in [3.63, 3.8) is 0 Å². The first-order chi connectivity index (χ1) is 6.47. The third-order valence-electron chi connectivity index (χ3n) is 2.45. The Morgan fingerprint density at radius 3 is 2.79 bits per heavy atom. The lowest BCUT2D eigenvalue weighted by atomic mass is 10.1. The molecule has 14 heavy (non-hydrogen) atoms. The topological polar surface area (TPSA) is 28.0 Å². The molecular formula is C8H10F3N3. The number of nitrogens with zero attached hydrogens (tertiary/aromatic N) is 3. The Morgan fingerprint density at radius 2 is 2.14 bits per heavy atom. The molecule has 2 rings (SSSR count). The third-order valence-corrected chi connectivity index (χ3v) is 2.45. The summed E-state index contributed by atoms with van der Waals surface area (Å²) < 4.78 is 36.7. The van der Waals surface area contributed by atoms with Gasteiger partial charge in [-0.05, 0) is 7.05 Å². The van der Waals surface area contributed by atoms with Gasteiger partial charge in [-0.15, -0.1) is 0 Å². The summed E-state index contributed by atoms with van der Waals surface area (Å²) in [5.74, 6) is -0.944. The first-order valence-corrected chi connectivity index (χ1v) is 4.34. The van der Waals surface area contributed by atoms with E-state index in [1.165, 1.54) is 6.21 Å². The van der Waals surface area contributed by atoms with Crippen molar-refractivity contribution in [2.45, 2.75) is 12.2 Å². The number of alkyl halides is 3. The van der Waals surface area contributed by atoms with Crippen LogP contribution in [0.3, 0.4) is 0 Å². The lowest BCUT2D eigenvalue weighted by molar-refractivity contribution is -0.0602. The molecule has 0 saturated carbocycles. The molecule has 0 N–H and O–H groups in total. The van der Waals surface area contributed by atoms with Crippen LogP contribution in [0.4, 0.5) is 13.2 Å². The summed E-state index contributed by atoms with van der Waals surface area (Å²) >= 11 is 0. The molecule has 0 amide bonds. The van der Waals surface area contributed by atoms with Gasteiger partial charge in [0.2, 0.25) is 5.84 Å². The second-order valence-electron chi connectivity index (χ2n) is 3.68. The van der Waals surface area contributed by atoms with E-state index in [1.807, 2.05) is 11.9 Å². The second-order valence-corrected chi connectivity index (χ2v) is 3.68. The number of hydrogen-bond donors (Lipinski definition) is 0. The molecule has 2 atom stereocenters. The van der Waals surface area contributed by atoms with Gasteiger partial charge in [0.05, 0.1) is 6.04 Å². The van der Waals surface area contributed by atoms with Crippen LogP contribution in [0.5, 0.6) is 0 Å². The van der Waals surface area contributed by atoms with Crippen molar-refractivity contribution in [1.29, 1.82) is 0 Å². The SMILES string of the molecule is CN1CC2C=NC(C(F)(F)F)=NC2C1. The van der Waals surface area contributed by atoms with Crippen LogP contribution in [0.2, 0.25) is 0 Å². The highest BCUT2D eigenvalue weighted by Gasteiger charge is 2.41. The van der Waals surface area contributed by atoms with Crippen LogP contribution in [-0.4, -0.2) is 49.3 Å². The first-order valence-electron chi connectivity index (χ1n) is 4.34. The quantitative estimate of drug-likeness (QED) is 0.579. The van der Waals surface area contributed by atoms with Crippen molar-refractivity contribution in [2.75, 3.05) is 20.1 Å². The number of fused-ring (bicyclic) bond motifs is 1. The van der Waals surface area contributed by atoms with Crippen molar-refractivity contribution >= 4 is 12.1 Å². The standard InChI is InChI=1S/C8H10F3N3/c1-14-3-5-2-12-7(8(9,10)11)13-6(5)4-14/h2,5-6H,3-4H2,1H3. The van der Waals surface area contributed by atoms with Crippen molar-refractivity contribution in [1.82, 2.24) is 4.90 Å². The summed E-state index contributed by atoms with van der Waals surface area (Å²) in [6, 6.07) is -0.269. The van der Waals surface area contributed by atoms with Gasteiger partial charge in [-0.1, -0.05) is 0 Å². The molecule has 0 radical (unpaired) electrons. The molecule has 0 aromatic carbocycles. The average molecular weight is 205 g/mol. The molecule has 0 spiro atoms. The molecule has 1 fully saturated rings. The smallest absolute Gasteiger partial charge is 0.303 e. The van der Waals surface area contributed by atoms with Crippen LogP contribution >= 0.6 is 0 Å². The molecule has 6 heteroatoms. The monoisotopic (exact) mass is 205 g/mol. The predicted molar refractivity (Wildman–Crippen MR) is 46.8 cm³/mol. The molecule has 0 aliphatic carbocycles. The molecule has 2 unspecified atom stereocenters. The fraction of sp³-hybridized carbons (Fsp3) is 0.750. The van der Waals surface area contributed by atoms with E-state index in [0.29, 0.717) is 6.54 Å². The summed E-state index contributed by atoms with van der Waals surface area (Å²) in [6.07, 6.45) is -3.04. The minimum atomic E-state index is -4.41. The van der Waals surface area contributed by atoms with Gasteiger partial charge in [0.25, 0.3) is 0 Å². The zero-order valence-corrected chi connectivity index (χ0v) is 7.62. The number of rotatable bonds is 0. The van der Waals surface area contributed by atoms with Crippen LogP contribution in [0.15, 0.2) is 9.98 Å². The largest absolute Gasteiger partial charge is 0.451 e. The van der Waals surface area contributed by atoms with E-state index >= 15 is 0 Å². The van der Waals surface area contributed by atoms with Gasteiger partial charge >= 0.3 is 6.18 Å². The number of halogens is 3. The molecule has 2 aliphatic heterocycles. The molecular weight excluding hydrogens is 195 g/mol. The highest BCUT2D eigenvalue weighted by atomic mass is 19.4. The lowest BCUT2D eigenvalue weighted by Gasteiger charge is -2.17. The molecule has 78 valence electrons. The van der Waals surface area contributed by atoms with Crippen LogP contribution < -0.4 is 0 Å². The molecule has 0 aromatic heterocycles. The fourth-order valence-corrected chi connectivity index (χ4v) is 1.80. The number of hydrogen-bond acceptors (Lipinski definition) is 3. The first kappa shape index (κ1) is 9.64. The molecule has 0 aromatic rings. The normalized spacial score (nSPS) is 33.0. The highest BCUT2D eigenvalue weighted by molar-refractivity contribution is 5.96. The maximum absolute atomic E-state index is 12.2. The Kier molecular flexibility index (Phi) is 2.10. The Bertz CT molecular complexity index is 295. The van der Waals surface area contributed by atoms with Crippen LogP contribution in [0.1, 0.15) is 0 Å². The van der Waals surface area contributed by atoms with Crippen molar-refractivity contribution in [2.24, 2.45) is 15.9 Å². The second kappa shape index (κ2) is 3.05. The minimum absolute atomic E-state index is 0.0473. The summed E-state index contributed by atoms with van der Waals surface area (Å²) in [7, 11) is 1.87. The summed E-state index contributed by atoms with van der Waals surface area (Å²) in [5.41, 5.74) is 0. The maximum Gasteiger partial charge on any atom is 0.451 e. The third kappa shape index (κ3) is 1.66. The van der Waals surface area contributed by atoms with E-state index in [4.69, 9.17) is 0 Å². The van der Waals surface area contributed by atoms with Gasteiger partial charge < -0.3 is 4.90 Å². The van der Waals surface area contributed by atoms with Crippen molar-refractivity contribution in [3.05, 3.63) is 0 Å². The number of aliphatic imine (C=N–C) groups is 2. The Labute approximate surface area is 79.3 Å². The molecule has 0 bridgehead atoms. The van der Waals surface area contributed by atoms with Gasteiger partial charge in [-0.25, -0.2) is 4.99 Å². The fourth-order valence-electron chi connectivity index (χ4n) is 1.80. The van der Waals surface area contributed by atoms with Gasteiger partial charge in [0, 0.05) is 25.2 Å². The minimum Gasteiger partial charge on any atom is -0.303 e. The Hall–Kier alpha value is -0.910. The maximum atomic E-state index is 12.2. The summed E-state index contributed by atoms with van der Waals surface area (Å²) in [6.45, 7) is 1.32. The van der Waals surface area contributed by atoms with Gasteiger partial charge in [-0.3, -0.25) is 4.99 Å². The average Bonchev–Trinajstić information content (AvgIpc) is 2.41. The molecule has 3 nitrogen and oxygen atoms in total. The van der Waals surface area contributed by atoms with E-state index in [0.717, 1.165) is 6.54 Å². The van der Waals surface area contributed by atoms with Crippen molar-refractivity contribution < 1.29 is 13.2 Å². The zero-order valence-electron chi connectivity index (χ0n) is 7.62. The van der Waals surface area contributed by atoms with E-state index in [2.05, 4.69) is 9.98 Å². The van der Waals surface area contributed by atoms with E-state index in [-0.39, 0.29) is 12.0 Å². The van der Waals surface area contributed by atoms with Gasteiger partial charge in [-0.2, -0.15) is 13.2 Å². The van der Waals surface area contributed by atoms with E-state index in [1.54, 1.807) is 0 Å². The van der Waals surface area contributed by atoms with Gasteiger partial charge in [0.1, 0.15) is 0 Å². The van der Waals surface area contributed by atoms with Gasteiger partial charge in [0.15, 0.2) is 0 Å². The Morgan fingerprint density at radius 1 is 1.43 bits per heavy atom. The van der Waals surface area contributed by atoms with Crippen LogP contribution in [-0.2, 0) is 0 Å². The molecule has 2 heterocycles. The molecule has 2 aliphatic rings. The van der Waals surface area contributed by atoms with E-state index in [9.17, 15) is 13.2 Å².